The van der Waals surface area contributed by atoms with E-state index in [1.807, 2.05) is 0 Å². The molecule has 0 aliphatic carbocycles. The van der Waals surface area contributed by atoms with Gasteiger partial charge < -0.3 is 0 Å². The van der Waals surface area contributed by atoms with E-state index in [1.54, 1.807) is 0 Å². The molecule has 0 radical (unpaired) electrons. The van der Waals surface area contributed by atoms with Crippen LogP contribution in [0.5, 0.6) is 0 Å². The van der Waals surface area contributed by atoms with Crippen LogP contribution in [0.2, 0.25) is 0 Å². The van der Waals surface area contributed by atoms with Crippen LogP contribution in [0.25, 0.3) is 0 Å². The molecule has 0 fully saturated rings. The summed E-state index contributed by atoms with van der Waals surface area (Å²) in [6, 6.07) is 0. The molecule has 7 heavy (non-hydrogen) atoms. The molecule has 0 amide bonds. The first-order valence-electron chi connectivity index (χ1n) is 0.629. The van der Waals surface area contributed by atoms with Crippen LogP contribution in [0.3, 0.4) is 0 Å². The fourth-order valence-corrected chi connectivity index (χ4v) is 0. The number of hydrogen-bond acceptors (Lipinski definition) is 0. The Morgan fingerprint density at radius 2 is 1.00 bits per heavy atom. The van der Waals surface area contributed by atoms with Gasteiger partial charge in [-0.15, -0.1) is 0 Å². The number of hydrogen-bond donors (Lipinski definition) is 0. The van der Waals surface area contributed by atoms with Crippen LogP contribution >= 0.6 is 0 Å². The van der Waals surface area contributed by atoms with E-state index in [0.29, 0.717) is 0 Å². The average Bonchev–Trinajstić information content (AvgIpc) is 1.33. The predicted octanol–water partition coefficient (Wildman–Crippen LogP) is 2.10. The summed E-state index contributed by atoms with van der Waals surface area (Å²) < 4.78 is 48.5. The summed E-state index contributed by atoms with van der Waals surface area (Å²) in [5.74, 6) is 0. The molecule has 0 atom stereocenters. The standard InChI is InChI=1S/Cu.5FH.Ru/h;5*1H;/q+2;;;;;;+3/p-5. The summed E-state index contributed by atoms with van der Waals surface area (Å²) in [5.41, 5.74) is 0. The van der Waals surface area contributed by atoms with Crippen molar-refractivity contribution >= 4 is 0 Å². The summed E-state index contributed by atoms with van der Waals surface area (Å²) >= 11 is -5.86. The second-order valence-electron chi connectivity index (χ2n) is 0.195. The molecular weight excluding hydrogens is 260 g/mol. The van der Waals surface area contributed by atoms with Gasteiger partial charge in [-0.2, -0.15) is 0 Å². The second-order valence-corrected chi connectivity index (χ2v) is 1.07. The molecule has 0 saturated carbocycles. The maximum absolute atomic E-state index is 9.81. The van der Waals surface area contributed by atoms with Gasteiger partial charge in [-0.1, -0.05) is 0 Å². The van der Waals surface area contributed by atoms with Crippen LogP contribution in [0.15, 0.2) is 0 Å². The van der Waals surface area contributed by atoms with Gasteiger partial charge in [0, 0.05) is 0 Å². The molecule has 0 heterocycles. The van der Waals surface area contributed by atoms with E-state index in [1.165, 1.54) is 0 Å². The summed E-state index contributed by atoms with van der Waals surface area (Å²) in [5, 5.41) is 0. The van der Waals surface area contributed by atoms with Gasteiger partial charge in [0.1, 0.15) is 0 Å². The minimum atomic E-state index is -4.67. The molecule has 0 aromatic carbocycles. The molecule has 0 aliphatic heterocycles. The molecule has 0 aromatic rings. The molecule has 0 spiro atoms. The minimum absolute atomic E-state index is 1.19. The van der Waals surface area contributed by atoms with Crippen LogP contribution in [-0.4, -0.2) is 0 Å². The van der Waals surface area contributed by atoms with E-state index in [2.05, 4.69) is 0 Å². The van der Waals surface area contributed by atoms with Crippen LogP contribution < -0.4 is 0 Å². The summed E-state index contributed by atoms with van der Waals surface area (Å²) in [7, 11) is 0. The predicted molar refractivity (Wildman–Crippen MR) is 5.54 cm³/mol. The van der Waals surface area contributed by atoms with E-state index in [9.17, 15) is 17.1 Å². The third-order valence-electron chi connectivity index (χ3n) is 0. The first kappa shape index (κ1) is 10.7. The molecule has 0 bridgehead atoms. The van der Waals surface area contributed by atoms with E-state index >= 15 is 0 Å². The van der Waals surface area contributed by atoms with Gasteiger partial charge in [0.05, 0.1) is 0 Å². The normalized spacial score (nSPS) is 9.57. The van der Waals surface area contributed by atoms with Crippen molar-refractivity contribution in [3.63, 3.8) is 0 Å². The van der Waals surface area contributed by atoms with E-state index in [-0.39, 0.29) is 0 Å². The first-order valence-corrected chi connectivity index (χ1v) is 3.31. The zero-order chi connectivity index (χ0) is 6.28. The van der Waals surface area contributed by atoms with Gasteiger partial charge in [0.15, 0.2) is 0 Å². The summed E-state index contributed by atoms with van der Waals surface area (Å²) in [6.07, 6.45) is 0. The van der Waals surface area contributed by atoms with Gasteiger partial charge in [-0.3, -0.25) is 0 Å². The van der Waals surface area contributed by atoms with Crippen molar-refractivity contribution in [2.75, 3.05) is 0 Å². The molecule has 0 rings (SSSR count). The fourth-order valence-electron chi connectivity index (χ4n) is 0. The monoisotopic (exact) mass is 260 g/mol. The fraction of sp³-hybridized carbons (Fsp3) is 0. The molecule has 54 valence electrons. The van der Waals surface area contributed by atoms with Crippen LogP contribution in [0.4, 0.5) is 17.1 Å². The second kappa shape index (κ2) is 9.92. The van der Waals surface area contributed by atoms with Crippen molar-refractivity contribution in [1.82, 2.24) is 0 Å². The van der Waals surface area contributed by atoms with Gasteiger partial charge in [0.2, 0.25) is 0 Å². The molecule has 0 aliphatic rings. The zero-order valence-electron chi connectivity index (χ0n) is 2.54. The Labute approximate surface area is 50.8 Å². The van der Waals surface area contributed by atoms with Crippen molar-refractivity contribution in [3.8, 4) is 0 Å². The van der Waals surface area contributed by atoms with E-state index < -0.39 is 33.3 Å². The van der Waals surface area contributed by atoms with Crippen LogP contribution in [0.1, 0.15) is 0 Å². The first-order chi connectivity index (χ1) is 3.15. The Kier molecular flexibility index (Phi) is 15.2. The van der Waals surface area contributed by atoms with Crippen LogP contribution in [-0.2, 0) is 33.3 Å². The third-order valence-corrected chi connectivity index (χ3v) is 0. The van der Waals surface area contributed by atoms with Crippen molar-refractivity contribution < 1.29 is 50.4 Å². The molecule has 0 saturated heterocycles. The Balaban J connectivity index is 0. The van der Waals surface area contributed by atoms with E-state index in [0.717, 1.165) is 0 Å². The summed E-state index contributed by atoms with van der Waals surface area (Å²) in [6.45, 7) is 0. The number of rotatable bonds is 0. The molecule has 0 nitrogen and oxygen atoms in total. The molecular formula is CuF5Ru. The number of halogens is 5. The van der Waals surface area contributed by atoms with Gasteiger partial charge in [-0.05, 0) is 0 Å². The van der Waals surface area contributed by atoms with Crippen molar-refractivity contribution in [3.05, 3.63) is 0 Å². The van der Waals surface area contributed by atoms with Crippen molar-refractivity contribution in [1.29, 1.82) is 0 Å². The quantitative estimate of drug-likeness (QED) is 0.462. The Morgan fingerprint density at radius 1 is 1.00 bits per heavy atom. The third kappa shape index (κ3) is 248. The Bertz CT molecular complexity index is 19.3. The van der Waals surface area contributed by atoms with Gasteiger partial charge >= 0.3 is 50.4 Å². The van der Waals surface area contributed by atoms with Crippen molar-refractivity contribution in [2.24, 2.45) is 0 Å². The SMILES string of the molecule is [F][Cu][F].[F][Ru]([F])[F]. The topological polar surface area (TPSA) is 0 Å². The van der Waals surface area contributed by atoms with Gasteiger partial charge in [-0.25, -0.2) is 0 Å². The van der Waals surface area contributed by atoms with Crippen LogP contribution in [0, 0.1) is 0 Å². The van der Waals surface area contributed by atoms with Crippen molar-refractivity contribution in [2.45, 2.75) is 0 Å². The molecule has 0 N–H and O–H groups in total. The summed E-state index contributed by atoms with van der Waals surface area (Å²) in [4.78, 5) is 0. The maximum atomic E-state index is 9.81. The molecule has 0 aromatic heterocycles. The zero-order valence-corrected chi connectivity index (χ0v) is 5.22. The molecule has 7 heteroatoms. The average molecular weight is 260 g/mol. The Hall–Kier alpha value is 0.793. The molecule has 0 unspecified atom stereocenters. The van der Waals surface area contributed by atoms with Gasteiger partial charge in [0.25, 0.3) is 0 Å². The van der Waals surface area contributed by atoms with E-state index in [4.69, 9.17) is 0 Å². The Morgan fingerprint density at radius 3 is 1.00 bits per heavy atom.